The van der Waals surface area contributed by atoms with Crippen LogP contribution in [0.25, 0.3) is 0 Å². The van der Waals surface area contributed by atoms with E-state index in [1.54, 1.807) is 0 Å². The lowest BCUT2D eigenvalue weighted by Crippen LogP contribution is -2.55. The van der Waals surface area contributed by atoms with E-state index in [0.29, 0.717) is 26.1 Å². The van der Waals surface area contributed by atoms with Gasteiger partial charge in [-0.3, -0.25) is 0 Å². The van der Waals surface area contributed by atoms with Crippen LogP contribution in [0.15, 0.2) is 0 Å². The van der Waals surface area contributed by atoms with Gasteiger partial charge in [0.25, 0.3) is 0 Å². The first-order valence-corrected chi connectivity index (χ1v) is 5.48. The molecule has 2 fully saturated rings. The maximum atomic E-state index is 12.7. The van der Waals surface area contributed by atoms with Gasteiger partial charge in [-0.15, -0.1) is 0 Å². The molecule has 88 valence electrons. The fourth-order valence-corrected chi connectivity index (χ4v) is 2.36. The van der Waals surface area contributed by atoms with Gasteiger partial charge in [0.05, 0.1) is 25.2 Å². The number of rotatable bonds is 2. The lowest BCUT2D eigenvalue weighted by molar-refractivity contribution is -0.191. The van der Waals surface area contributed by atoms with E-state index in [2.05, 4.69) is 5.32 Å². The van der Waals surface area contributed by atoms with Crippen molar-refractivity contribution in [3.63, 3.8) is 0 Å². The summed E-state index contributed by atoms with van der Waals surface area (Å²) in [6.45, 7) is 1.11. The number of nitrogens with one attached hydrogen (secondary N) is 1. The molecule has 0 radical (unpaired) electrons. The van der Waals surface area contributed by atoms with E-state index in [0.717, 1.165) is 6.42 Å². The Labute approximate surface area is 87.2 Å². The summed E-state index contributed by atoms with van der Waals surface area (Å²) < 4.78 is 43.0. The normalized spacial score (nSPS) is 33.8. The summed E-state index contributed by atoms with van der Waals surface area (Å²) in [6.07, 6.45) is -1.54. The average Bonchev–Trinajstić information content (AvgIpc) is 2.10. The molecule has 0 aromatic rings. The van der Waals surface area contributed by atoms with Crippen LogP contribution in [0.2, 0.25) is 0 Å². The van der Waals surface area contributed by atoms with Crippen LogP contribution < -0.4 is 5.32 Å². The molecule has 0 spiro atoms. The van der Waals surface area contributed by atoms with Gasteiger partial charge in [0.1, 0.15) is 0 Å². The maximum Gasteiger partial charge on any atom is 0.393 e. The van der Waals surface area contributed by atoms with Gasteiger partial charge in [0.2, 0.25) is 0 Å². The maximum absolute atomic E-state index is 12.7. The zero-order chi connectivity index (χ0) is 10.9. The second kappa shape index (κ2) is 4.29. The van der Waals surface area contributed by atoms with Crippen molar-refractivity contribution >= 4 is 0 Å². The molecule has 0 bridgehead atoms. The molecule has 2 nitrogen and oxygen atoms in total. The number of halogens is 3. The van der Waals surface area contributed by atoms with E-state index in [1.807, 2.05) is 0 Å². The number of ether oxygens (including phenoxy) is 1. The standard InChI is InChI=1S/C10H16F3NO/c11-10(12,13)8-3-1-2-4-9(8)14-7-5-15-6-7/h7-9,14H,1-6H2. The van der Waals surface area contributed by atoms with Gasteiger partial charge < -0.3 is 10.1 Å². The molecule has 5 heteroatoms. The Balaban J connectivity index is 1.92. The fourth-order valence-electron chi connectivity index (χ4n) is 2.36. The molecule has 1 N–H and O–H groups in total. The molecule has 15 heavy (non-hydrogen) atoms. The molecule has 1 aliphatic heterocycles. The first-order chi connectivity index (χ1) is 7.07. The summed E-state index contributed by atoms with van der Waals surface area (Å²) in [6, 6.07) is -0.259. The van der Waals surface area contributed by atoms with Crippen LogP contribution in [0.3, 0.4) is 0 Å². The van der Waals surface area contributed by atoms with Crippen molar-refractivity contribution in [3.05, 3.63) is 0 Å². The molecule has 1 aliphatic carbocycles. The first kappa shape index (κ1) is 11.2. The van der Waals surface area contributed by atoms with E-state index in [-0.39, 0.29) is 12.5 Å². The smallest absolute Gasteiger partial charge is 0.378 e. The molecular weight excluding hydrogens is 207 g/mol. The minimum Gasteiger partial charge on any atom is -0.378 e. The summed E-state index contributed by atoms with van der Waals surface area (Å²) in [5.74, 6) is -1.16. The quantitative estimate of drug-likeness (QED) is 0.774. The number of alkyl halides is 3. The minimum absolute atomic E-state index is 0.137. The van der Waals surface area contributed by atoms with Crippen molar-refractivity contribution in [2.24, 2.45) is 5.92 Å². The van der Waals surface area contributed by atoms with Crippen LogP contribution in [0.4, 0.5) is 13.2 Å². The van der Waals surface area contributed by atoms with Gasteiger partial charge >= 0.3 is 6.18 Å². The molecule has 2 atom stereocenters. The van der Waals surface area contributed by atoms with E-state index < -0.39 is 18.1 Å². The molecule has 1 saturated heterocycles. The predicted octanol–water partition coefficient (Wildman–Crippen LogP) is 2.10. The zero-order valence-corrected chi connectivity index (χ0v) is 8.52. The Morgan fingerprint density at radius 3 is 2.27 bits per heavy atom. The molecule has 0 aromatic heterocycles. The van der Waals surface area contributed by atoms with Crippen LogP contribution in [-0.4, -0.2) is 31.5 Å². The zero-order valence-electron chi connectivity index (χ0n) is 8.52. The van der Waals surface area contributed by atoms with Crippen LogP contribution in [0.5, 0.6) is 0 Å². The van der Waals surface area contributed by atoms with E-state index in [1.165, 1.54) is 0 Å². The average molecular weight is 223 g/mol. The van der Waals surface area contributed by atoms with Crippen LogP contribution >= 0.6 is 0 Å². The molecule has 0 amide bonds. The lowest BCUT2D eigenvalue weighted by atomic mass is 9.83. The highest BCUT2D eigenvalue weighted by Gasteiger charge is 2.46. The van der Waals surface area contributed by atoms with E-state index in [4.69, 9.17) is 4.74 Å². The van der Waals surface area contributed by atoms with Crippen molar-refractivity contribution < 1.29 is 17.9 Å². The van der Waals surface area contributed by atoms with Crippen molar-refractivity contribution in [1.82, 2.24) is 5.32 Å². The van der Waals surface area contributed by atoms with Gasteiger partial charge in [-0.25, -0.2) is 0 Å². The Morgan fingerprint density at radius 1 is 1.07 bits per heavy atom. The highest BCUT2D eigenvalue weighted by molar-refractivity contribution is 4.89. The molecule has 0 aromatic carbocycles. The highest BCUT2D eigenvalue weighted by Crippen LogP contribution is 2.38. The van der Waals surface area contributed by atoms with Crippen molar-refractivity contribution in [3.8, 4) is 0 Å². The first-order valence-electron chi connectivity index (χ1n) is 5.48. The van der Waals surface area contributed by atoms with E-state index in [9.17, 15) is 13.2 Å². The number of hydrogen-bond donors (Lipinski definition) is 1. The Morgan fingerprint density at radius 2 is 1.73 bits per heavy atom. The summed E-state index contributed by atoms with van der Waals surface area (Å²) >= 11 is 0. The van der Waals surface area contributed by atoms with Crippen LogP contribution in [0.1, 0.15) is 25.7 Å². The predicted molar refractivity (Wildman–Crippen MR) is 49.5 cm³/mol. The van der Waals surface area contributed by atoms with Gasteiger partial charge in [-0.2, -0.15) is 13.2 Å². The van der Waals surface area contributed by atoms with Crippen molar-refractivity contribution in [1.29, 1.82) is 0 Å². The highest BCUT2D eigenvalue weighted by atomic mass is 19.4. The summed E-state index contributed by atoms with van der Waals surface area (Å²) in [5, 5.41) is 3.07. The van der Waals surface area contributed by atoms with Gasteiger partial charge in [0.15, 0.2) is 0 Å². The summed E-state index contributed by atoms with van der Waals surface area (Å²) in [7, 11) is 0. The second-order valence-corrected chi connectivity index (χ2v) is 4.44. The summed E-state index contributed by atoms with van der Waals surface area (Å²) in [4.78, 5) is 0. The minimum atomic E-state index is -4.05. The second-order valence-electron chi connectivity index (χ2n) is 4.44. The third kappa shape index (κ3) is 2.64. The SMILES string of the molecule is FC(F)(F)C1CCCCC1NC1COC1. The molecule has 1 heterocycles. The topological polar surface area (TPSA) is 21.3 Å². The summed E-state index contributed by atoms with van der Waals surface area (Å²) in [5.41, 5.74) is 0. The third-order valence-electron chi connectivity index (χ3n) is 3.27. The molecular formula is C10H16F3NO. The largest absolute Gasteiger partial charge is 0.393 e. The van der Waals surface area contributed by atoms with E-state index >= 15 is 0 Å². The Hall–Kier alpha value is -0.290. The molecule has 2 rings (SSSR count). The van der Waals surface area contributed by atoms with Crippen molar-refractivity contribution in [2.75, 3.05) is 13.2 Å². The Kier molecular flexibility index (Phi) is 3.21. The third-order valence-corrected chi connectivity index (χ3v) is 3.27. The number of hydrogen-bond acceptors (Lipinski definition) is 2. The molecule has 2 unspecified atom stereocenters. The van der Waals surface area contributed by atoms with Gasteiger partial charge in [0, 0.05) is 6.04 Å². The van der Waals surface area contributed by atoms with Gasteiger partial charge in [-0.1, -0.05) is 12.8 Å². The van der Waals surface area contributed by atoms with Crippen LogP contribution in [0, 0.1) is 5.92 Å². The monoisotopic (exact) mass is 223 g/mol. The molecule has 1 saturated carbocycles. The van der Waals surface area contributed by atoms with Gasteiger partial charge in [-0.05, 0) is 12.8 Å². The van der Waals surface area contributed by atoms with Crippen molar-refractivity contribution in [2.45, 2.75) is 43.9 Å². The Bertz CT molecular complexity index is 215. The fraction of sp³-hybridized carbons (Fsp3) is 1.00. The van der Waals surface area contributed by atoms with Crippen LogP contribution in [-0.2, 0) is 4.74 Å². The lowest BCUT2D eigenvalue weighted by Gasteiger charge is -2.38. The molecule has 2 aliphatic rings.